The predicted octanol–water partition coefficient (Wildman–Crippen LogP) is 2.84. The number of rotatable bonds is 6. The molecular formula is C19H23N3O. The molecule has 120 valence electrons. The summed E-state index contributed by atoms with van der Waals surface area (Å²) in [5, 5.41) is 10.5. The lowest BCUT2D eigenvalue weighted by Crippen LogP contribution is -2.32. The van der Waals surface area contributed by atoms with Crippen molar-refractivity contribution in [1.82, 2.24) is 14.5 Å². The number of para-hydroxylation sites is 2. The molecule has 1 aromatic heterocycles. The van der Waals surface area contributed by atoms with E-state index in [0.29, 0.717) is 13.1 Å². The number of fused-ring (bicyclic) bond motifs is 1. The number of aliphatic hydroxyl groups excluding tert-OH is 1. The maximum Gasteiger partial charge on any atom is 0.106 e. The fourth-order valence-electron chi connectivity index (χ4n) is 3.01. The van der Waals surface area contributed by atoms with Gasteiger partial charge in [0.2, 0.25) is 0 Å². The molecule has 0 spiro atoms. The third kappa shape index (κ3) is 3.78. The molecule has 1 N–H and O–H groups in total. The fraction of sp³-hybridized carbons (Fsp3) is 0.316. The van der Waals surface area contributed by atoms with Crippen molar-refractivity contribution in [1.29, 1.82) is 0 Å². The number of aromatic nitrogens is 2. The Labute approximate surface area is 137 Å². The first-order valence-corrected chi connectivity index (χ1v) is 7.96. The van der Waals surface area contributed by atoms with Crippen molar-refractivity contribution in [2.45, 2.75) is 26.1 Å². The van der Waals surface area contributed by atoms with Gasteiger partial charge in [0.05, 0.1) is 23.7 Å². The summed E-state index contributed by atoms with van der Waals surface area (Å²) in [5.41, 5.74) is 3.32. The number of likely N-dealkylation sites (N-methyl/N-ethyl adjacent to an activating group) is 1. The Morgan fingerprint density at radius 2 is 1.78 bits per heavy atom. The van der Waals surface area contributed by atoms with Gasteiger partial charge in [-0.15, -0.1) is 0 Å². The Morgan fingerprint density at radius 1 is 1.09 bits per heavy atom. The molecule has 2 aromatic carbocycles. The zero-order valence-electron chi connectivity index (χ0n) is 13.7. The molecule has 3 aromatic rings. The minimum absolute atomic E-state index is 0.431. The standard InChI is InChI=1S/C19H23N3O/c1-15-20-18-10-6-7-11-19(18)22(15)14-17(23)13-21(2)12-16-8-4-3-5-9-16/h3-11,17,23H,12-14H2,1-2H3/t17-/m0/s1. The van der Waals surface area contributed by atoms with Crippen LogP contribution in [0.5, 0.6) is 0 Å². The summed E-state index contributed by atoms with van der Waals surface area (Å²) in [7, 11) is 2.04. The third-order valence-corrected chi connectivity index (χ3v) is 4.06. The Balaban J connectivity index is 1.64. The van der Waals surface area contributed by atoms with Crippen LogP contribution in [-0.4, -0.2) is 39.3 Å². The zero-order chi connectivity index (χ0) is 16.2. The van der Waals surface area contributed by atoms with Gasteiger partial charge in [-0.05, 0) is 31.7 Å². The first kappa shape index (κ1) is 15.7. The lowest BCUT2D eigenvalue weighted by atomic mass is 10.2. The first-order chi connectivity index (χ1) is 11.1. The molecule has 0 unspecified atom stereocenters. The van der Waals surface area contributed by atoms with Crippen LogP contribution < -0.4 is 0 Å². The summed E-state index contributed by atoms with van der Waals surface area (Å²) in [6.07, 6.45) is -0.431. The van der Waals surface area contributed by atoms with Gasteiger partial charge in [-0.2, -0.15) is 0 Å². The first-order valence-electron chi connectivity index (χ1n) is 7.96. The maximum atomic E-state index is 10.5. The van der Waals surface area contributed by atoms with Crippen LogP contribution in [0.1, 0.15) is 11.4 Å². The normalized spacial score (nSPS) is 12.9. The van der Waals surface area contributed by atoms with Gasteiger partial charge in [0.15, 0.2) is 0 Å². The average Bonchev–Trinajstić information content (AvgIpc) is 2.84. The van der Waals surface area contributed by atoms with Gasteiger partial charge in [-0.1, -0.05) is 42.5 Å². The van der Waals surface area contributed by atoms with Crippen LogP contribution in [-0.2, 0) is 13.1 Å². The number of nitrogens with zero attached hydrogens (tertiary/aromatic N) is 3. The van der Waals surface area contributed by atoms with Crippen LogP contribution in [0.2, 0.25) is 0 Å². The molecule has 0 saturated carbocycles. The van der Waals surface area contributed by atoms with E-state index in [0.717, 1.165) is 23.4 Å². The van der Waals surface area contributed by atoms with Crippen molar-refractivity contribution in [3.05, 3.63) is 66.0 Å². The molecule has 0 bridgehead atoms. The predicted molar refractivity (Wildman–Crippen MR) is 93.3 cm³/mol. The van der Waals surface area contributed by atoms with Crippen LogP contribution in [0.4, 0.5) is 0 Å². The van der Waals surface area contributed by atoms with Gasteiger partial charge < -0.3 is 9.67 Å². The number of aliphatic hydroxyl groups is 1. The van der Waals surface area contributed by atoms with Crippen molar-refractivity contribution >= 4 is 11.0 Å². The van der Waals surface area contributed by atoms with Crippen molar-refractivity contribution in [2.75, 3.05) is 13.6 Å². The van der Waals surface area contributed by atoms with Crippen LogP contribution in [0.25, 0.3) is 11.0 Å². The lowest BCUT2D eigenvalue weighted by Gasteiger charge is -2.21. The summed E-state index contributed by atoms with van der Waals surface area (Å²) in [4.78, 5) is 6.70. The van der Waals surface area contributed by atoms with E-state index in [1.54, 1.807) is 0 Å². The molecule has 0 aliphatic heterocycles. The zero-order valence-corrected chi connectivity index (χ0v) is 13.7. The van der Waals surface area contributed by atoms with E-state index >= 15 is 0 Å². The molecule has 0 amide bonds. The highest BCUT2D eigenvalue weighted by molar-refractivity contribution is 5.75. The minimum Gasteiger partial charge on any atom is -0.390 e. The molecular weight excluding hydrogens is 286 g/mol. The van der Waals surface area contributed by atoms with E-state index in [-0.39, 0.29) is 0 Å². The third-order valence-electron chi connectivity index (χ3n) is 4.06. The van der Waals surface area contributed by atoms with E-state index in [2.05, 4.69) is 32.7 Å². The average molecular weight is 309 g/mol. The second kappa shape index (κ2) is 6.94. The number of aryl methyl sites for hydroxylation is 1. The number of hydrogen-bond acceptors (Lipinski definition) is 3. The van der Waals surface area contributed by atoms with E-state index in [1.165, 1.54) is 5.56 Å². The maximum absolute atomic E-state index is 10.5. The highest BCUT2D eigenvalue weighted by Gasteiger charge is 2.13. The topological polar surface area (TPSA) is 41.3 Å². The molecule has 0 fully saturated rings. The molecule has 0 aliphatic carbocycles. The van der Waals surface area contributed by atoms with Crippen LogP contribution in [0, 0.1) is 6.92 Å². The van der Waals surface area contributed by atoms with Gasteiger partial charge in [0, 0.05) is 13.1 Å². The molecule has 23 heavy (non-hydrogen) atoms. The highest BCUT2D eigenvalue weighted by atomic mass is 16.3. The second-order valence-corrected chi connectivity index (χ2v) is 6.09. The van der Waals surface area contributed by atoms with Crippen LogP contribution >= 0.6 is 0 Å². The molecule has 1 heterocycles. The van der Waals surface area contributed by atoms with E-state index in [9.17, 15) is 5.11 Å². The van der Waals surface area contributed by atoms with Crippen LogP contribution in [0.3, 0.4) is 0 Å². The SMILES string of the molecule is Cc1nc2ccccc2n1C[C@@H](O)CN(C)Cc1ccccc1. The van der Waals surface area contributed by atoms with Crippen LogP contribution in [0.15, 0.2) is 54.6 Å². The van der Waals surface area contributed by atoms with Gasteiger partial charge in [-0.3, -0.25) is 4.90 Å². The number of hydrogen-bond donors (Lipinski definition) is 1. The summed E-state index contributed by atoms with van der Waals surface area (Å²) >= 11 is 0. The highest BCUT2D eigenvalue weighted by Crippen LogP contribution is 2.16. The van der Waals surface area contributed by atoms with Gasteiger partial charge in [0.1, 0.15) is 5.82 Å². The Bertz CT molecular complexity index is 767. The van der Waals surface area contributed by atoms with E-state index in [1.807, 2.05) is 50.4 Å². The number of imidazole rings is 1. The second-order valence-electron chi connectivity index (χ2n) is 6.09. The van der Waals surface area contributed by atoms with Crippen molar-refractivity contribution in [3.63, 3.8) is 0 Å². The van der Waals surface area contributed by atoms with Crippen molar-refractivity contribution in [3.8, 4) is 0 Å². The Morgan fingerprint density at radius 3 is 2.57 bits per heavy atom. The fourth-order valence-corrected chi connectivity index (χ4v) is 3.01. The van der Waals surface area contributed by atoms with E-state index in [4.69, 9.17) is 0 Å². The van der Waals surface area contributed by atoms with Gasteiger partial charge >= 0.3 is 0 Å². The molecule has 4 heteroatoms. The van der Waals surface area contributed by atoms with E-state index < -0.39 is 6.10 Å². The minimum atomic E-state index is -0.431. The van der Waals surface area contributed by atoms with Gasteiger partial charge in [0.25, 0.3) is 0 Å². The van der Waals surface area contributed by atoms with Crippen molar-refractivity contribution < 1.29 is 5.11 Å². The summed E-state index contributed by atoms with van der Waals surface area (Å²) in [5.74, 6) is 0.941. The number of benzene rings is 2. The summed E-state index contributed by atoms with van der Waals surface area (Å²) < 4.78 is 2.09. The smallest absolute Gasteiger partial charge is 0.106 e. The molecule has 1 atom stereocenters. The monoisotopic (exact) mass is 309 g/mol. The Hall–Kier alpha value is -2.17. The Kier molecular flexibility index (Phi) is 4.74. The van der Waals surface area contributed by atoms with Gasteiger partial charge in [-0.25, -0.2) is 4.98 Å². The largest absolute Gasteiger partial charge is 0.390 e. The molecule has 0 aliphatic rings. The van der Waals surface area contributed by atoms with Crippen molar-refractivity contribution in [2.24, 2.45) is 0 Å². The lowest BCUT2D eigenvalue weighted by molar-refractivity contribution is 0.107. The molecule has 0 radical (unpaired) electrons. The quantitative estimate of drug-likeness (QED) is 0.761. The summed E-state index contributed by atoms with van der Waals surface area (Å²) in [6, 6.07) is 18.4. The molecule has 0 saturated heterocycles. The summed E-state index contributed by atoms with van der Waals surface area (Å²) in [6.45, 7) is 4.01. The molecule has 3 rings (SSSR count). The molecule has 4 nitrogen and oxygen atoms in total.